The lowest BCUT2D eigenvalue weighted by molar-refractivity contribution is -0.134. The third-order valence-electron chi connectivity index (χ3n) is 4.93. The van der Waals surface area contributed by atoms with Crippen LogP contribution >= 0.6 is 0 Å². The molecular weight excluding hydrogens is 366 g/mol. The molecule has 0 aliphatic carbocycles. The number of amides is 1. The van der Waals surface area contributed by atoms with Gasteiger partial charge in [-0.25, -0.2) is 14.6 Å². The van der Waals surface area contributed by atoms with Gasteiger partial charge in [-0.05, 0) is 50.0 Å². The number of aliphatic carboxylic acids is 2. The van der Waals surface area contributed by atoms with E-state index in [0.29, 0.717) is 29.2 Å². The van der Waals surface area contributed by atoms with Crippen LogP contribution in [0.3, 0.4) is 0 Å². The zero-order chi connectivity index (χ0) is 20.1. The van der Waals surface area contributed by atoms with E-state index in [1.54, 1.807) is 6.07 Å². The number of carboxylic acids is 2. The Balaban J connectivity index is 0.000000242. The van der Waals surface area contributed by atoms with Gasteiger partial charge in [0.05, 0.1) is 0 Å². The lowest BCUT2D eigenvalue weighted by atomic mass is 9.84. The quantitative estimate of drug-likeness (QED) is 0.670. The Morgan fingerprint density at radius 1 is 1.14 bits per heavy atom. The fraction of sp³-hybridized carbons (Fsp3) is 0.368. The zero-order valence-electron chi connectivity index (χ0n) is 15.1. The summed E-state index contributed by atoms with van der Waals surface area (Å²) in [5.74, 6) is -1.89. The second-order valence-electron chi connectivity index (χ2n) is 6.76. The van der Waals surface area contributed by atoms with Crippen molar-refractivity contribution in [3.05, 3.63) is 42.3 Å². The molecule has 1 unspecified atom stereocenters. The number of fused-ring (bicyclic) bond motifs is 4. The summed E-state index contributed by atoms with van der Waals surface area (Å²) in [7, 11) is 0. The smallest absolute Gasteiger partial charge is 0.328 e. The molecule has 3 aliphatic heterocycles. The number of carbonyl (C=O) groups is 3. The summed E-state index contributed by atoms with van der Waals surface area (Å²) in [6.07, 6.45) is 4.92. The van der Waals surface area contributed by atoms with Crippen LogP contribution in [0.15, 0.2) is 41.2 Å². The van der Waals surface area contributed by atoms with Crippen molar-refractivity contribution >= 4 is 28.9 Å². The average Bonchev–Trinajstić information content (AvgIpc) is 3.15. The number of nitrogens with zero attached hydrogens (tertiary/aromatic N) is 2. The first-order valence-corrected chi connectivity index (χ1v) is 8.93. The standard InChI is InChI=1S/C15H17N3O2.C4H4O4/c19-15(11-1-2-12-14(7-11)20-9-16-12)17-13-8-18-5-3-10(13)4-6-18;5-3(6)1-2-4(7)8/h1-2,7,9-10,13H,3-6,8H2,(H,17,19);1-2H,(H,5,6)(H,7,8). The molecule has 1 amide bonds. The fourth-order valence-corrected chi connectivity index (χ4v) is 3.52. The van der Waals surface area contributed by atoms with Gasteiger partial charge in [-0.15, -0.1) is 0 Å². The lowest BCUT2D eigenvalue weighted by Gasteiger charge is -2.44. The molecule has 9 nitrogen and oxygen atoms in total. The van der Waals surface area contributed by atoms with E-state index in [0.717, 1.165) is 12.1 Å². The summed E-state index contributed by atoms with van der Waals surface area (Å²) >= 11 is 0. The summed E-state index contributed by atoms with van der Waals surface area (Å²) in [6.45, 7) is 3.35. The first kappa shape index (κ1) is 19.6. The van der Waals surface area contributed by atoms with Crippen LogP contribution in [-0.4, -0.2) is 63.6 Å². The van der Waals surface area contributed by atoms with Crippen molar-refractivity contribution in [1.29, 1.82) is 0 Å². The minimum Gasteiger partial charge on any atom is -0.478 e. The molecule has 5 rings (SSSR count). The van der Waals surface area contributed by atoms with E-state index >= 15 is 0 Å². The third kappa shape index (κ3) is 4.95. The summed E-state index contributed by atoms with van der Waals surface area (Å²) in [6, 6.07) is 5.68. The molecule has 0 spiro atoms. The maximum absolute atomic E-state index is 12.4. The molecule has 28 heavy (non-hydrogen) atoms. The van der Waals surface area contributed by atoms with Crippen molar-refractivity contribution in [2.24, 2.45) is 5.92 Å². The van der Waals surface area contributed by atoms with E-state index in [4.69, 9.17) is 14.6 Å². The number of piperidine rings is 3. The van der Waals surface area contributed by atoms with Crippen molar-refractivity contribution in [3.8, 4) is 0 Å². The monoisotopic (exact) mass is 387 g/mol. The fourth-order valence-electron chi connectivity index (χ4n) is 3.52. The SMILES string of the molecule is O=C(NC1CN2CCC1CC2)c1ccc2ncoc2c1.O=C(O)C=CC(=O)O. The van der Waals surface area contributed by atoms with Gasteiger partial charge >= 0.3 is 11.9 Å². The molecule has 148 valence electrons. The lowest BCUT2D eigenvalue weighted by Crippen LogP contribution is -2.57. The maximum Gasteiger partial charge on any atom is 0.328 e. The van der Waals surface area contributed by atoms with Crippen LogP contribution in [0.2, 0.25) is 0 Å². The molecule has 1 aromatic carbocycles. The van der Waals surface area contributed by atoms with Gasteiger partial charge in [0.1, 0.15) is 5.52 Å². The van der Waals surface area contributed by atoms with E-state index in [1.165, 1.54) is 32.3 Å². The summed E-state index contributed by atoms with van der Waals surface area (Å²) in [5, 5.41) is 18.8. The average molecular weight is 387 g/mol. The second-order valence-corrected chi connectivity index (χ2v) is 6.76. The van der Waals surface area contributed by atoms with E-state index < -0.39 is 11.9 Å². The Hall–Kier alpha value is -3.20. The number of oxazole rings is 1. The highest BCUT2D eigenvalue weighted by atomic mass is 16.4. The molecule has 3 saturated heterocycles. The van der Waals surface area contributed by atoms with Crippen LogP contribution in [0.4, 0.5) is 0 Å². The third-order valence-corrected chi connectivity index (χ3v) is 4.93. The van der Waals surface area contributed by atoms with Crippen LogP contribution < -0.4 is 5.32 Å². The zero-order valence-corrected chi connectivity index (χ0v) is 15.1. The number of hydrogen-bond donors (Lipinski definition) is 3. The maximum atomic E-state index is 12.4. The molecule has 4 heterocycles. The van der Waals surface area contributed by atoms with Gasteiger partial charge in [0.15, 0.2) is 12.0 Å². The molecule has 3 aliphatic rings. The first-order chi connectivity index (χ1) is 13.4. The minimum absolute atomic E-state index is 0.0120. The number of hydrogen-bond acceptors (Lipinski definition) is 6. The molecule has 2 aromatic rings. The molecule has 3 N–H and O–H groups in total. The second kappa shape index (κ2) is 8.66. The number of benzene rings is 1. The molecule has 9 heteroatoms. The van der Waals surface area contributed by atoms with Crippen molar-refractivity contribution in [3.63, 3.8) is 0 Å². The van der Waals surface area contributed by atoms with Crippen molar-refractivity contribution < 1.29 is 29.0 Å². The predicted molar refractivity (Wildman–Crippen MR) is 98.8 cm³/mol. The molecule has 3 fully saturated rings. The Morgan fingerprint density at radius 3 is 2.39 bits per heavy atom. The topological polar surface area (TPSA) is 133 Å². The Morgan fingerprint density at radius 2 is 1.82 bits per heavy atom. The number of nitrogens with one attached hydrogen (secondary N) is 1. The number of carboxylic acid groups (broad SMARTS) is 2. The van der Waals surface area contributed by atoms with Crippen molar-refractivity contribution in [2.45, 2.75) is 18.9 Å². The number of aromatic nitrogens is 1. The van der Waals surface area contributed by atoms with Gasteiger partial charge < -0.3 is 24.8 Å². The molecular formula is C19H21N3O6. The molecule has 0 saturated carbocycles. The summed E-state index contributed by atoms with van der Waals surface area (Å²) < 4.78 is 5.25. The highest BCUT2D eigenvalue weighted by Crippen LogP contribution is 2.27. The van der Waals surface area contributed by atoms with Crippen LogP contribution in [0, 0.1) is 5.92 Å². The normalized spacial score (nSPS) is 23.2. The largest absolute Gasteiger partial charge is 0.478 e. The molecule has 1 aromatic heterocycles. The number of rotatable bonds is 4. The Kier molecular flexibility index (Phi) is 6.05. The molecule has 2 bridgehead atoms. The van der Waals surface area contributed by atoms with Crippen LogP contribution in [0.1, 0.15) is 23.2 Å². The predicted octanol–water partition coefficient (Wildman–Crippen LogP) is 1.36. The number of carbonyl (C=O) groups excluding carboxylic acids is 1. The molecule has 1 atom stereocenters. The highest BCUT2D eigenvalue weighted by molar-refractivity contribution is 5.97. The summed E-state index contributed by atoms with van der Waals surface area (Å²) in [4.78, 5) is 38.0. The van der Waals surface area contributed by atoms with Crippen LogP contribution in [0.25, 0.3) is 11.1 Å². The molecule has 0 radical (unpaired) electrons. The van der Waals surface area contributed by atoms with E-state index in [-0.39, 0.29) is 11.9 Å². The van der Waals surface area contributed by atoms with Crippen LogP contribution in [-0.2, 0) is 9.59 Å². The minimum atomic E-state index is -1.26. The highest BCUT2D eigenvalue weighted by Gasteiger charge is 2.34. The van der Waals surface area contributed by atoms with Crippen molar-refractivity contribution in [2.75, 3.05) is 19.6 Å². The van der Waals surface area contributed by atoms with Crippen molar-refractivity contribution in [1.82, 2.24) is 15.2 Å². The van der Waals surface area contributed by atoms with Gasteiger partial charge in [0.2, 0.25) is 0 Å². The Bertz CT molecular complexity index is 882. The van der Waals surface area contributed by atoms with E-state index in [2.05, 4.69) is 15.2 Å². The van der Waals surface area contributed by atoms with Gasteiger partial charge in [0, 0.05) is 30.3 Å². The first-order valence-electron chi connectivity index (χ1n) is 8.93. The van der Waals surface area contributed by atoms with E-state index in [1.807, 2.05) is 12.1 Å². The van der Waals surface area contributed by atoms with Gasteiger partial charge in [-0.1, -0.05) is 0 Å². The summed E-state index contributed by atoms with van der Waals surface area (Å²) in [5.41, 5.74) is 2.08. The van der Waals surface area contributed by atoms with E-state index in [9.17, 15) is 14.4 Å². The van der Waals surface area contributed by atoms with Gasteiger partial charge in [-0.3, -0.25) is 4.79 Å². The van der Waals surface area contributed by atoms with Crippen LogP contribution in [0.5, 0.6) is 0 Å². The van der Waals surface area contributed by atoms with Gasteiger partial charge in [0.25, 0.3) is 5.91 Å². The van der Waals surface area contributed by atoms with Gasteiger partial charge in [-0.2, -0.15) is 0 Å². The Labute approximate surface area is 160 Å².